The minimum atomic E-state index is -4.50. The highest BCUT2D eigenvalue weighted by atomic mass is 19.4. The molecule has 0 saturated carbocycles. The molecule has 0 amide bonds. The van der Waals surface area contributed by atoms with Crippen molar-refractivity contribution in [3.05, 3.63) is 11.8 Å². The van der Waals surface area contributed by atoms with E-state index in [1.54, 1.807) is 0 Å². The number of hydrogen-bond donors (Lipinski definition) is 2. The predicted molar refractivity (Wildman–Crippen MR) is 50.2 cm³/mol. The van der Waals surface area contributed by atoms with Crippen molar-refractivity contribution in [3.63, 3.8) is 0 Å². The molecule has 0 fully saturated rings. The van der Waals surface area contributed by atoms with Crippen molar-refractivity contribution in [2.75, 3.05) is 17.6 Å². The van der Waals surface area contributed by atoms with Gasteiger partial charge in [-0.05, 0) is 6.42 Å². The molecule has 4 nitrogen and oxygen atoms in total. The number of aromatic nitrogens is 2. The SMILES string of the molecule is CCCNc1nc(N)cc(C(F)(F)F)n1. The summed E-state index contributed by atoms with van der Waals surface area (Å²) in [6, 6.07) is 0.705. The first-order valence-electron chi connectivity index (χ1n) is 4.39. The van der Waals surface area contributed by atoms with Gasteiger partial charge in [0.25, 0.3) is 0 Å². The molecule has 1 rings (SSSR count). The Bertz CT molecular complexity index is 337. The highest BCUT2D eigenvalue weighted by molar-refractivity contribution is 5.39. The van der Waals surface area contributed by atoms with Gasteiger partial charge in [-0.3, -0.25) is 0 Å². The third-order valence-electron chi connectivity index (χ3n) is 1.57. The molecule has 84 valence electrons. The van der Waals surface area contributed by atoms with Gasteiger partial charge < -0.3 is 11.1 Å². The Balaban J connectivity index is 2.95. The smallest absolute Gasteiger partial charge is 0.384 e. The fraction of sp³-hybridized carbons (Fsp3) is 0.500. The molecule has 0 radical (unpaired) electrons. The van der Waals surface area contributed by atoms with Crippen molar-refractivity contribution >= 4 is 11.8 Å². The molecule has 0 atom stereocenters. The summed E-state index contributed by atoms with van der Waals surface area (Å²) in [6.45, 7) is 2.38. The van der Waals surface area contributed by atoms with Gasteiger partial charge in [-0.1, -0.05) is 6.92 Å². The Morgan fingerprint density at radius 1 is 1.40 bits per heavy atom. The number of nitrogens with one attached hydrogen (secondary N) is 1. The van der Waals surface area contributed by atoms with Crippen LogP contribution in [0.15, 0.2) is 6.07 Å². The zero-order valence-electron chi connectivity index (χ0n) is 8.10. The van der Waals surface area contributed by atoms with Gasteiger partial charge in [0.15, 0.2) is 5.69 Å². The molecule has 0 aliphatic carbocycles. The Kier molecular flexibility index (Phi) is 3.33. The lowest BCUT2D eigenvalue weighted by Gasteiger charge is -2.09. The first kappa shape index (κ1) is 11.5. The molecule has 0 aromatic carbocycles. The maximum absolute atomic E-state index is 12.3. The standard InChI is InChI=1S/C8H11F3N4/c1-2-3-13-7-14-5(8(9,10)11)4-6(12)15-7/h4H,2-3H2,1H3,(H3,12,13,14,15). The van der Waals surface area contributed by atoms with E-state index >= 15 is 0 Å². The van der Waals surface area contributed by atoms with E-state index in [-0.39, 0.29) is 11.8 Å². The van der Waals surface area contributed by atoms with Crippen LogP contribution >= 0.6 is 0 Å². The number of rotatable bonds is 3. The molecular formula is C8H11F3N4. The first-order chi connectivity index (χ1) is 6.93. The molecule has 0 unspecified atom stereocenters. The molecule has 0 bridgehead atoms. The highest BCUT2D eigenvalue weighted by Crippen LogP contribution is 2.28. The molecule has 0 aliphatic heterocycles. The number of nitrogen functional groups attached to an aromatic ring is 1. The van der Waals surface area contributed by atoms with Crippen LogP contribution in [0.4, 0.5) is 24.9 Å². The van der Waals surface area contributed by atoms with Crippen molar-refractivity contribution in [2.24, 2.45) is 0 Å². The summed E-state index contributed by atoms with van der Waals surface area (Å²) in [5.41, 5.74) is 4.20. The average molecular weight is 220 g/mol. The van der Waals surface area contributed by atoms with Crippen LogP contribution in [0.25, 0.3) is 0 Å². The van der Waals surface area contributed by atoms with Crippen molar-refractivity contribution in [3.8, 4) is 0 Å². The molecule has 0 spiro atoms. The summed E-state index contributed by atoms with van der Waals surface area (Å²) in [5.74, 6) is -0.292. The minimum absolute atomic E-state index is 0.0934. The van der Waals surface area contributed by atoms with Crippen molar-refractivity contribution in [1.82, 2.24) is 9.97 Å². The van der Waals surface area contributed by atoms with E-state index in [0.717, 1.165) is 6.42 Å². The highest BCUT2D eigenvalue weighted by Gasteiger charge is 2.33. The molecule has 7 heteroatoms. The van der Waals surface area contributed by atoms with Crippen LogP contribution in [0.5, 0.6) is 0 Å². The summed E-state index contributed by atoms with van der Waals surface area (Å²) in [6.07, 6.45) is -3.74. The van der Waals surface area contributed by atoms with Crippen molar-refractivity contribution < 1.29 is 13.2 Å². The summed E-state index contributed by atoms with van der Waals surface area (Å²) < 4.78 is 36.9. The molecule has 1 aromatic heterocycles. The van der Waals surface area contributed by atoms with Gasteiger partial charge in [0, 0.05) is 12.6 Å². The molecule has 15 heavy (non-hydrogen) atoms. The first-order valence-corrected chi connectivity index (χ1v) is 4.39. The second-order valence-corrected chi connectivity index (χ2v) is 2.93. The topological polar surface area (TPSA) is 63.8 Å². The summed E-state index contributed by atoms with van der Waals surface area (Å²) in [5, 5.41) is 2.65. The zero-order chi connectivity index (χ0) is 11.5. The number of nitrogens with two attached hydrogens (primary N) is 1. The minimum Gasteiger partial charge on any atom is -0.384 e. The van der Waals surface area contributed by atoms with E-state index in [9.17, 15) is 13.2 Å². The molecule has 3 N–H and O–H groups in total. The van der Waals surface area contributed by atoms with Gasteiger partial charge in [-0.15, -0.1) is 0 Å². The second kappa shape index (κ2) is 4.33. The largest absolute Gasteiger partial charge is 0.433 e. The second-order valence-electron chi connectivity index (χ2n) is 2.93. The van der Waals surface area contributed by atoms with Crippen molar-refractivity contribution in [2.45, 2.75) is 19.5 Å². The van der Waals surface area contributed by atoms with Gasteiger partial charge in [0.1, 0.15) is 5.82 Å². The van der Waals surface area contributed by atoms with Crippen LogP contribution in [0.2, 0.25) is 0 Å². The van der Waals surface area contributed by atoms with Gasteiger partial charge in [0.05, 0.1) is 0 Å². The van der Waals surface area contributed by atoms with Crippen molar-refractivity contribution in [1.29, 1.82) is 0 Å². The van der Waals surface area contributed by atoms with E-state index in [4.69, 9.17) is 5.73 Å². The van der Waals surface area contributed by atoms with E-state index in [1.807, 2.05) is 6.92 Å². The van der Waals surface area contributed by atoms with Crippen LogP contribution in [0, 0.1) is 0 Å². The Morgan fingerprint density at radius 3 is 2.60 bits per heavy atom. The zero-order valence-corrected chi connectivity index (χ0v) is 8.10. The Morgan fingerprint density at radius 2 is 2.07 bits per heavy atom. The quantitative estimate of drug-likeness (QED) is 0.816. The summed E-state index contributed by atoms with van der Waals surface area (Å²) in [4.78, 5) is 6.96. The Labute approximate surface area is 84.7 Å². The lowest BCUT2D eigenvalue weighted by molar-refractivity contribution is -0.141. The molecule has 0 saturated heterocycles. The molecule has 1 aromatic rings. The maximum Gasteiger partial charge on any atom is 0.433 e. The fourth-order valence-corrected chi connectivity index (χ4v) is 0.927. The van der Waals surface area contributed by atoms with Crippen LogP contribution in [-0.4, -0.2) is 16.5 Å². The summed E-state index contributed by atoms with van der Waals surface area (Å²) >= 11 is 0. The van der Waals surface area contributed by atoms with Gasteiger partial charge in [-0.2, -0.15) is 18.2 Å². The third kappa shape index (κ3) is 3.26. The van der Waals surface area contributed by atoms with E-state index in [2.05, 4.69) is 15.3 Å². The number of hydrogen-bond acceptors (Lipinski definition) is 4. The Hall–Kier alpha value is -1.53. The van der Waals surface area contributed by atoms with E-state index in [1.165, 1.54) is 0 Å². The van der Waals surface area contributed by atoms with Gasteiger partial charge >= 0.3 is 6.18 Å². The monoisotopic (exact) mass is 220 g/mol. The predicted octanol–water partition coefficient (Wildman–Crippen LogP) is 1.90. The van der Waals surface area contributed by atoms with Crippen LogP contribution in [-0.2, 0) is 6.18 Å². The normalized spacial score (nSPS) is 11.5. The molecular weight excluding hydrogens is 209 g/mol. The van der Waals surface area contributed by atoms with Crippen LogP contribution in [0.3, 0.4) is 0 Å². The average Bonchev–Trinajstić information content (AvgIpc) is 2.12. The van der Waals surface area contributed by atoms with E-state index < -0.39 is 11.9 Å². The third-order valence-corrected chi connectivity index (χ3v) is 1.57. The van der Waals surface area contributed by atoms with Gasteiger partial charge in [0.2, 0.25) is 5.95 Å². The number of nitrogens with zero attached hydrogens (tertiary/aromatic N) is 2. The lowest BCUT2D eigenvalue weighted by Crippen LogP contribution is -2.13. The number of alkyl halides is 3. The fourth-order valence-electron chi connectivity index (χ4n) is 0.927. The lowest BCUT2D eigenvalue weighted by atomic mass is 10.4. The molecule has 0 aliphatic rings. The number of halogens is 3. The maximum atomic E-state index is 12.3. The van der Waals surface area contributed by atoms with E-state index in [0.29, 0.717) is 12.6 Å². The number of anilines is 2. The molecule has 1 heterocycles. The summed E-state index contributed by atoms with van der Waals surface area (Å²) in [7, 11) is 0. The van der Waals surface area contributed by atoms with Gasteiger partial charge in [-0.25, -0.2) is 4.98 Å². The van der Waals surface area contributed by atoms with Crippen LogP contribution < -0.4 is 11.1 Å². The van der Waals surface area contributed by atoms with Crippen LogP contribution in [0.1, 0.15) is 19.0 Å².